The summed E-state index contributed by atoms with van der Waals surface area (Å²) in [5, 5.41) is 13.2. The molecule has 0 saturated heterocycles. The molecule has 1 heterocycles. The summed E-state index contributed by atoms with van der Waals surface area (Å²) in [6, 6.07) is 5.81. The Balaban J connectivity index is 2.27. The minimum atomic E-state index is -1.07. The predicted molar refractivity (Wildman–Crippen MR) is 86.6 cm³/mol. The molecular weight excluding hydrogens is 313 g/mol. The number of rotatable bonds is 6. The van der Waals surface area contributed by atoms with Gasteiger partial charge in [0.1, 0.15) is 12.4 Å². The molecular formula is C17H20FN3O3. The largest absolute Gasteiger partial charge is 0.480 e. The minimum Gasteiger partial charge on any atom is -0.480 e. The zero-order valence-electron chi connectivity index (χ0n) is 13.9. The molecule has 1 N–H and O–H groups in total. The molecule has 128 valence electrons. The first-order valence-corrected chi connectivity index (χ1v) is 7.61. The van der Waals surface area contributed by atoms with Crippen LogP contribution in [0.3, 0.4) is 0 Å². The van der Waals surface area contributed by atoms with Crippen molar-refractivity contribution in [3.63, 3.8) is 0 Å². The highest BCUT2D eigenvalue weighted by Crippen LogP contribution is 2.15. The number of aromatic nitrogens is 2. The zero-order valence-corrected chi connectivity index (χ0v) is 13.9. The molecule has 7 heteroatoms. The lowest BCUT2D eigenvalue weighted by Crippen LogP contribution is -2.38. The minimum absolute atomic E-state index is 0.134. The van der Waals surface area contributed by atoms with Crippen molar-refractivity contribution in [3.8, 4) is 5.69 Å². The van der Waals surface area contributed by atoms with Crippen LogP contribution in [-0.2, 0) is 4.79 Å². The summed E-state index contributed by atoms with van der Waals surface area (Å²) in [6.07, 6.45) is 1.60. The third kappa shape index (κ3) is 4.18. The van der Waals surface area contributed by atoms with E-state index in [1.54, 1.807) is 19.2 Å². The molecule has 0 bridgehead atoms. The van der Waals surface area contributed by atoms with Gasteiger partial charge in [-0.1, -0.05) is 13.8 Å². The van der Waals surface area contributed by atoms with Crippen molar-refractivity contribution in [1.29, 1.82) is 0 Å². The van der Waals surface area contributed by atoms with Crippen LogP contribution in [0.2, 0.25) is 0 Å². The third-order valence-electron chi connectivity index (χ3n) is 3.41. The average Bonchev–Trinajstić information content (AvgIpc) is 2.94. The molecule has 0 radical (unpaired) electrons. The number of benzene rings is 1. The SMILES string of the molecule is Cc1cc(F)ccc1-n1ccc(C(=O)N(CC(=O)O)CC(C)C)n1. The molecule has 0 aliphatic heterocycles. The third-order valence-corrected chi connectivity index (χ3v) is 3.41. The van der Waals surface area contributed by atoms with Gasteiger partial charge in [-0.15, -0.1) is 0 Å². The summed E-state index contributed by atoms with van der Waals surface area (Å²) in [7, 11) is 0. The van der Waals surface area contributed by atoms with Gasteiger partial charge in [-0.05, 0) is 42.7 Å². The summed E-state index contributed by atoms with van der Waals surface area (Å²) >= 11 is 0. The first-order chi connectivity index (χ1) is 11.3. The smallest absolute Gasteiger partial charge is 0.323 e. The highest BCUT2D eigenvalue weighted by Gasteiger charge is 2.22. The summed E-state index contributed by atoms with van der Waals surface area (Å²) < 4.78 is 14.7. The molecule has 0 saturated carbocycles. The average molecular weight is 333 g/mol. The topological polar surface area (TPSA) is 75.4 Å². The van der Waals surface area contributed by atoms with Gasteiger partial charge in [-0.3, -0.25) is 9.59 Å². The molecule has 0 atom stereocenters. The van der Waals surface area contributed by atoms with Crippen LogP contribution in [0.4, 0.5) is 4.39 Å². The molecule has 1 aromatic carbocycles. The summed E-state index contributed by atoms with van der Waals surface area (Å²) in [4.78, 5) is 24.8. The van der Waals surface area contributed by atoms with Gasteiger partial charge in [0.2, 0.25) is 0 Å². The summed E-state index contributed by atoms with van der Waals surface area (Å²) in [6.45, 7) is 5.51. The lowest BCUT2D eigenvalue weighted by molar-refractivity contribution is -0.137. The van der Waals surface area contributed by atoms with Crippen LogP contribution in [0.1, 0.15) is 29.9 Å². The van der Waals surface area contributed by atoms with E-state index < -0.39 is 11.9 Å². The highest BCUT2D eigenvalue weighted by molar-refractivity contribution is 5.94. The number of carbonyl (C=O) groups is 2. The Morgan fingerprint density at radius 3 is 2.62 bits per heavy atom. The Bertz CT molecular complexity index is 755. The summed E-state index contributed by atoms with van der Waals surface area (Å²) in [5.41, 5.74) is 1.49. The van der Waals surface area contributed by atoms with Gasteiger partial charge in [0.25, 0.3) is 5.91 Å². The Hall–Kier alpha value is -2.70. The normalized spacial score (nSPS) is 10.9. The van der Waals surface area contributed by atoms with Crippen molar-refractivity contribution < 1.29 is 19.1 Å². The van der Waals surface area contributed by atoms with E-state index in [1.807, 2.05) is 13.8 Å². The molecule has 0 aliphatic rings. The number of carboxylic acids is 1. The summed E-state index contributed by atoms with van der Waals surface area (Å²) in [5.74, 6) is -1.72. The molecule has 2 aromatic rings. The second kappa shape index (κ2) is 7.25. The second-order valence-electron chi connectivity index (χ2n) is 6.05. The Kier molecular flexibility index (Phi) is 5.33. The zero-order chi connectivity index (χ0) is 17.9. The monoisotopic (exact) mass is 333 g/mol. The number of aryl methyl sites for hydroxylation is 1. The second-order valence-corrected chi connectivity index (χ2v) is 6.05. The van der Waals surface area contributed by atoms with Crippen molar-refractivity contribution in [2.24, 2.45) is 5.92 Å². The van der Waals surface area contributed by atoms with Crippen LogP contribution in [0.25, 0.3) is 5.69 Å². The van der Waals surface area contributed by atoms with Crippen LogP contribution >= 0.6 is 0 Å². The Morgan fingerprint density at radius 2 is 2.04 bits per heavy atom. The van der Waals surface area contributed by atoms with Crippen molar-refractivity contribution >= 4 is 11.9 Å². The Morgan fingerprint density at radius 1 is 1.33 bits per heavy atom. The van der Waals surface area contributed by atoms with Crippen molar-refractivity contribution in [2.75, 3.05) is 13.1 Å². The Labute approximate surface area is 139 Å². The van der Waals surface area contributed by atoms with Gasteiger partial charge in [0.05, 0.1) is 5.69 Å². The predicted octanol–water partition coefficient (Wildman–Crippen LogP) is 2.50. The maximum Gasteiger partial charge on any atom is 0.323 e. The number of aliphatic carboxylic acids is 1. The molecule has 6 nitrogen and oxygen atoms in total. The van der Waals surface area contributed by atoms with Gasteiger partial charge < -0.3 is 10.0 Å². The number of amides is 1. The van der Waals surface area contributed by atoms with Gasteiger partial charge >= 0.3 is 5.97 Å². The molecule has 1 aromatic heterocycles. The fraction of sp³-hybridized carbons (Fsp3) is 0.353. The van der Waals surface area contributed by atoms with Gasteiger partial charge in [-0.2, -0.15) is 5.10 Å². The number of carboxylic acid groups (broad SMARTS) is 1. The van der Waals surface area contributed by atoms with E-state index in [1.165, 1.54) is 27.8 Å². The first kappa shape index (κ1) is 17.7. The van der Waals surface area contributed by atoms with Crippen LogP contribution in [0.5, 0.6) is 0 Å². The molecule has 0 aliphatic carbocycles. The molecule has 0 unspecified atom stereocenters. The van der Waals surface area contributed by atoms with E-state index in [4.69, 9.17) is 5.11 Å². The van der Waals surface area contributed by atoms with Gasteiger partial charge in [-0.25, -0.2) is 9.07 Å². The molecule has 1 amide bonds. The standard InChI is InChI=1S/C17H20FN3O3/c1-11(2)9-20(10-16(22)23)17(24)14-6-7-21(19-14)15-5-4-13(18)8-12(15)3/h4-8,11H,9-10H2,1-3H3,(H,22,23). The van der Waals surface area contributed by atoms with E-state index in [0.717, 1.165) is 0 Å². The van der Waals surface area contributed by atoms with Crippen LogP contribution in [0.15, 0.2) is 30.5 Å². The number of hydrogen-bond donors (Lipinski definition) is 1. The number of hydrogen-bond acceptors (Lipinski definition) is 3. The van der Waals surface area contributed by atoms with Crippen molar-refractivity contribution in [2.45, 2.75) is 20.8 Å². The highest BCUT2D eigenvalue weighted by atomic mass is 19.1. The number of carbonyl (C=O) groups excluding carboxylic acids is 1. The fourth-order valence-electron chi connectivity index (χ4n) is 2.43. The molecule has 2 rings (SSSR count). The quantitative estimate of drug-likeness (QED) is 0.881. The van der Waals surface area contributed by atoms with Crippen LogP contribution < -0.4 is 0 Å². The lowest BCUT2D eigenvalue weighted by Gasteiger charge is -2.21. The van der Waals surface area contributed by atoms with E-state index in [2.05, 4.69) is 5.10 Å². The molecule has 0 fully saturated rings. The molecule has 24 heavy (non-hydrogen) atoms. The first-order valence-electron chi connectivity index (χ1n) is 7.61. The van der Waals surface area contributed by atoms with E-state index >= 15 is 0 Å². The van der Waals surface area contributed by atoms with Crippen molar-refractivity contribution in [1.82, 2.24) is 14.7 Å². The van der Waals surface area contributed by atoms with Gasteiger partial charge in [0, 0.05) is 12.7 Å². The van der Waals surface area contributed by atoms with Crippen molar-refractivity contribution in [3.05, 3.63) is 47.5 Å². The molecule has 0 spiro atoms. The van der Waals surface area contributed by atoms with Crippen LogP contribution in [-0.4, -0.2) is 44.8 Å². The van der Waals surface area contributed by atoms with E-state index in [0.29, 0.717) is 17.8 Å². The number of nitrogens with zero attached hydrogens (tertiary/aromatic N) is 3. The van der Waals surface area contributed by atoms with Crippen LogP contribution in [0, 0.1) is 18.7 Å². The lowest BCUT2D eigenvalue weighted by atomic mass is 10.2. The maximum atomic E-state index is 13.2. The van der Waals surface area contributed by atoms with E-state index in [-0.39, 0.29) is 24.0 Å². The fourth-order valence-corrected chi connectivity index (χ4v) is 2.43. The van der Waals surface area contributed by atoms with Gasteiger partial charge in [0.15, 0.2) is 5.69 Å². The maximum absolute atomic E-state index is 13.2. The van der Waals surface area contributed by atoms with E-state index in [9.17, 15) is 14.0 Å². The number of halogens is 1.